The number of nitrogens with zero attached hydrogens (tertiary/aromatic N) is 3. The first-order chi connectivity index (χ1) is 13.5. The molecular weight excluding hydrogens is 381 g/mol. The van der Waals surface area contributed by atoms with Crippen molar-refractivity contribution in [3.63, 3.8) is 0 Å². The number of hydrogen-bond acceptors (Lipinski definition) is 5. The monoisotopic (exact) mass is 399 g/mol. The lowest BCUT2D eigenvalue weighted by Crippen LogP contribution is -2.29. The Morgan fingerprint density at radius 2 is 1.86 bits per heavy atom. The maximum Gasteiger partial charge on any atom is 0.245 e. The SMILES string of the molecule is O=S(=O)(C=Cc1ccccc1)N1CCCC1c1nc(-c2ccc(F)cc2)no1. The van der Waals surface area contributed by atoms with Crippen molar-refractivity contribution in [2.45, 2.75) is 18.9 Å². The lowest BCUT2D eigenvalue weighted by Gasteiger charge is -2.19. The van der Waals surface area contributed by atoms with E-state index in [9.17, 15) is 12.8 Å². The molecular formula is C20H18FN3O3S. The van der Waals surface area contributed by atoms with Gasteiger partial charge >= 0.3 is 0 Å². The minimum atomic E-state index is -3.64. The molecule has 0 saturated carbocycles. The van der Waals surface area contributed by atoms with Crippen LogP contribution in [-0.2, 0) is 10.0 Å². The van der Waals surface area contributed by atoms with E-state index in [1.54, 1.807) is 18.2 Å². The predicted octanol–water partition coefficient (Wildman–Crippen LogP) is 4.01. The van der Waals surface area contributed by atoms with Crippen molar-refractivity contribution in [1.29, 1.82) is 0 Å². The van der Waals surface area contributed by atoms with Gasteiger partial charge in [0.1, 0.15) is 11.9 Å². The van der Waals surface area contributed by atoms with E-state index in [0.717, 1.165) is 5.56 Å². The highest BCUT2D eigenvalue weighted by molar-refractivity contribution is 7.92. The van der Waals surface area contributed by atoms with Gasteiger partial charge in [0.05, 0.1) is 0 Å². The maximum absolute atomic E-state index is 13.1. The fourth-order valence-electron chi connectivity index (χ4n) is 3.19. The van der Waals surface area contributed by atoms with Gasteiger partial charge in [-0.3, -0.25) is 0 Å². The molecule has 6 nitrogen and oxygen atoms in total. The number of rotatable bonds is 5. The third kappa shape index (κ3) is 3.88. The molecule has 1 aliphatic rings. The zero-order valence-corrected chi connectivity index (χ0v) is 15.7. The van der Waals surface area contributed by atoms with Gasteiger partial charge in [0.15, 0.2) is 0 Å². The van der Waals surface area contributed by atoms with E-state index in [2.05, 4.69) is 10.1 Å². The summed E-state index contributed by atoms with van der Waals surface area (Å²) in [5.74, 6) is 0.193. The van der Waals surface area contributed by atoms with Gasteiger partial charge in [0.25, 0.3) is 0 Å². The van der Waals surface area contributed by atoms with Crippen LogP contribution in [0.1, 0.15) is 30.3 Å². The molecule has 0 bridgehead atoms. The number of halogens is 1. The molecule has 1 unspecified atom stereocenters. The quantitative estimate of drug-likeness (QED) is 0.648. The molecule has 144 valence electrons. The molecule has 1 aromatic heterocycles. The Balaban J connectivity index is 1.57. The molecule has 28 heavy (non-hydrogen) atoms. The van der Waals surface area contributed by atoms with Gasteiger partial charge in [0.2, 0.25) is 21.7 Å². The lowest BCUT2D eigenvalue weighted by molar-refractivity contribution is 0.292. The summed E-state index contributed by atoms with van der Waals surface area (Å²) in [6.45, 7) is 0.389. The van der Waals surface area contributed by atoms with Crippen molar-refractivity contribution in [1.82, 2.24) is 14.4 Å². The van der Waals surface area contributed by atoms with Crippen molar-refractivity contribution in [3.05, 3.63) is 77.3 Å². The van der Waals surface area contributed by atoms with Crippen molar-refractivity contribution in [2.75, 3.05) is 6.54 Å². The van der Waals surface area contributed by atoms with Gasteiger partial charge in [-0.2, -0.15) is 9.29 Å². The molecule has 1 aliphatic heterocycles. The Kier molecular flexibility index (Phi) is 5.06. The Morgan fingerprint density at radius 1 is 1.11 bits per heavy atom. The highest BCUT2D eigenvalue weighted by atomic mass is 32.2. The summed E-state index contributed by atoms with van der Waals surface area (Å²) < 4.78 is 45.4. The molecule has 3 aromatic rings. The molecule has 0 radical (unpaired) electrons. The van der Waals surface area contributed by atoms with Crippen LogP contribution in [-0.4, -0.2) is 29.4 Å². The first-order valence-corrected chi connectivity index (χ1v) is 10.4. The normalized spacial score (nSPS) is 18.1. The van der Waals surface area contributed by atoms with Crippen LogP contribution < -0.4 is 0 Å². The van der Waals surface area contributed by atoms with Crippen LogP contribution in [0.3, 0.4) is 0 Å². The second-order valence-corrected chi connectivity index (χ2v) is 8.26. The van der Waals surface area contributed by atoms with Crippen molar-refractivity contribution in [3.8, 4) is 11.4 Å². The molecule has 1 fully saturated rings. The lowest BCUT2D eigenvalue weighted by atomic mass is 10.2. The third-order valence-electron chi connectivity index (χ3n) is 4.59. The number of hydrogen-bond donors (Lipinski definition) is 0. The second-order valence-electron chi connectivity index (χ2n) is 6.49. The van der Waals surface area contributed by atoms with Crippen LogP contribution in [0.25, 0.3) is 17.5 Å². The van der Waals surface area contributed by atoms with Crippen LogP contribution in [0, 0.1) is 5.82 Å². The summed E-state index contributed by atoms with van der Waals surface area (Å²) in [5, 5.41) is 5.13. The summed E-state index contributed by atoms with van der Waals surface area (Å²) in [6.07, 6.45) is 2.88. The van der Waals surface area contributed by atoms with Gasteiger partial charge < -0.3 is 4.52 Å². The Hall–Kier alpha value is -2.84. The zero-order chi connectivity index (χ0) is 19.6. The Labute approximate surface area is 162 Å². The van der Waals surface area contributed by atoms with Gasteiger partial charge in [-0.25, -0.2) is 12.8 Å². The van der Waals surface area contributed by atoms with Gasteiger partial charge in [-0.1, -0.05) is 35.5 Å². The summed E-state index contributed by atoms with van der Waals surface area (Å²) in [6, 6.07) is 14.5. The van der Waals surface area contributed by atoms with Gasteiger partial charge in [-0.15, -0.1) is 0 Å². The van der Waals surface area contributed by atoms with Crippen molar-refractivity contribution in [2.24, 2.45) is 0 Å². The van der Waals surface area contributed by atoms with Crippen LogP contribution >= 0.6 is 0 Å². The molecule has 1 saturated heterocycles. The fraction of sp³-hybridized carbons (Fsp3) is 0.200. The van der Waals surface area contributed by atoms with Crippen molar-refractivity contribution < 1.29 is 17.3 Å². The second kappa shape index (κ2) is 7.65. The molecule has 0 N–H and O–H groups in total. The van der Waals surface area contributed by atoms with E-state index in [-0.39, 0.29) is 11.7 Å². The number of sulfonamides is 1. The average Bonchev–Trinajstić information content (AvgIpc) is 3.37. The summed E-state index contributed by atoms with van der Waals surface area (Å²) >= 11 is 0. The first-order valence-electron chi connectivity index (χ1n) is 8.87. The maximum atomic E-state index is 13.1. The molecule has 0 spiro atoms. The van der Waals surface area contributed by atoms with Crippen LogP contribution in [0.5, 0.6) is 0 Å². The Bertz CT molecular complexity index is 1080. The predicted molar refractivity (Wildman–Crippen MR) is 103 cm³/mol. The van der Waals surface area contributed by atoms with E-state index >= 15 is 0 Å². The molecule has 1 atom stereocenters. The molecule has 8 heteroatoms. The smallest absolute Gasteiger partial charge is 0.245 e. The summed E-state index contributed by atoms with van der Waals surface area (Å²) in [5.41, 5.74) is 1.41. The largest absolute Gasteiger partial charge is 0.337 e. The highest BCUT2D eigenvalue weighted by Crippen LogP contribution is 2.34. The standard InChI is InChI=1S/C20H18FN3O3S/c21-17-10-8-16(9-11-17)19-22-20(27-23-19)18-7-4-13-24(18)28(25,26)14-12-15-5-2-1-3-6-15/h1-3,5-6,8-12,14,18H,4,7,13H2. The molecule has 2 aromatic carbocycles. The average molecular weight is 399 g/mol. The van der Waals surface area contributed by atoms with Crippen LogP contribution in [0.15, 0.2) is 64.5 Å². The van der Waals surface area contributed by atoms with E-state index in [1.165, 1.54) is 21.8 Å². The summed E-state index contributed by atoms with van der Waals surface area (Å²) in [4.78, 5) is 4.34. The van der Waals surface area contributed by atoms with Gasteiger partial charge in [0, 0.05) is 17.5 Å². The minimum absolute atomic E-state index is 0.244. The third-order valence-corrected chi connectivity index (χ3v) is 6.16. The van der Waals surface area contributed by atoms with E-state index in [0.29, 0.717) is 30.8 Å². The number of aromatic nitrogens is 2. The molecule has 0 amide bonds. The van der Waals surface area contributed by atoms with E-state index < -0.39 is 16.1 Å². The van der Waals surface area contributed by atoms with Gasteiger partial charge in [-0.05, 0) is 48.7 Å². The van der Waals surface area contributed by atoms with E-state index in [4.69, 9.17) is 4.52 Å². The van der Waals surface area contributed by atoms with Crippen LogP contribution in [0.4, 0.5) is 4.39 Å². The highest BCUT2D eigenvalue weighted by Gasteiger charge is 2.37. The van der Waals surface area contributed by atoms with E-state index in [1.807, 2.05) is 30.3 Å². The minimum Gasteiger partial charge on any atom is -0.337 e. The fourth-order valence-corrected chi connectivity index (χ4v) is 4.60. The topological polar surface area (TPSA) is 76.3 Å². The van der Waals surface area contributed by atoms with Crippen LogP contribution in [0.2, 0.25) is 0 Å². The van der Waals surface area contributed by atoms with Crippen molar-refractivity contribution >= 4 is 16.1 Å². The summed E-state index contributed by atoms with van der Waals surface area (Å²) in [7, 11) is -3.64. The first kappa shape index (κ1) is 18.5. The zero-order valence-electron chi connectivity index (χ0n) is 14.9. The molecule has 4 rings (SSSR count). The molecule has 2 heterocycles. The molecule has 0 aliphatic carbocycles. The Morgan fingerprint density at radius 3 is 2.61 bits per heavy atom. The number of benzene rings is 2.